The fourth-order valence-corrected chi connectivity index (χ4v) is 2.48. The average Bonchev–Trinajstić information content (AvgIpc) is 2.67. The zero-order valence-electron chi connectivity index (χ0n) is 13.7. The van der Waals surface area contributed by atoms with Crippen LogP contribution in [0.3, 0.4) is 0 Å². The topological polar surface area (TPSA) is 109 Å². The Bertz CT molecular complexity index is 1150. The van der Waals surface area contributed by atoms with Gasteiger partial charge in [0.25, 0.3) is 5.91 Å². The molecule has 0 unspecified atom stereocenters. The molecule has 27 heavy (non-hydrogen) atoms. The Balaban J connectivity index is 1.70. The average molecular weight is 383 g/mol. The number of nitrogens with zero attached hydrogens (tertiary/aromatic N) is 1. The maximum atomic E-state index is 12.1. The van der Waals surface area contributed by atoms with Gasteiger partial charge in [-0.05, 0) is 30.3 Å². The third-order valence-corrected chi connectivity index (χ3v) is 3.78. The molecule has 0 saturated carbocycles. The van der Waals surface area contributed by atoms with E-state index in [0.717, 1.165) is 6.07 Å². The van der Waals surface area contributed by atoms with Gasteiger partial charge in [-0.25, -0.2) is 4.79 Å². The lowest BCUT2D eigenvalue weighted by Gasteiger charge is -2.07. The van der Waals surface area contributed by atoms with Crippen LogP contribution in [0.1, 0.15) is 16.1 Å². The highest BCUT2D eigenvalue weighted by atomic mass is 35.5. The molecule has 0 atom stereocenters. The van der Waals surface area contributed by atoms with E-state index in [1.807, 2.05) is 6.07 Å². The Hall–Kier alpha value is -3.63. The third kappa shape index (κ3) is 4.14. The monoisotopic (exact) mass is 382 g/mol. The van der Waals surface area contributed by atoms with Crippen molar-refractivity contribution in [1.82, 2.24) is 0 Å². The summed E-state index contributed by atoms with van der Waals surface area (Å²) in [5.74, 6) is -1.94. The first-order valence-electron chi connectivity index (χ1n) is 7.67. The predicted octanol–water partition coefficient (Wildman–Crippen LogP) is 3.11. The molecule has 0 aliphatic carbocycles. The van der Waals surface area contributed by atoms with Crippen LogP contribution in [0.15, 0.2) is 57.7 Å². The number of halogens is 1. The second-order valence-electron chi connectivity index (χ2n) is 5.40. The highest BCUT2D eigenvalue weighted by molar-refractivity contribution is 6.31. The summed E-state index contributed by atoms with van der Waals surface area (Å²) < 4.78 is 10.2. The van der Waals surface area contributed by atoms with Gasteiger partial charge in [-0.3, -0.25) is 9.59 Å². The highest BCUT2D eigenvalue weighted by Gasteiger charge is 2.16. The molecule has 3 rings (SSSR count). The fourth-order valence-electron chi connectivity index (χ4n) is 2.31. The minimum absolute atomic E-state index is 0.172. The van der Waals surface area contributed by atoms with Crippen molar-refractivity contribution in [3.05, 3.63) is 75.1 Å². The summed E-state index contributed by atoms with van der Waals surface area (Å²) in [6, 6.07) is 13.7. The van der Waals surface area contributed by atoms with Crippen LogP contribution in [-0.2, 0) is 9.53 Å². The molecule has 2 aromatic carbocycles. The molecule has 0 fully saturated rings. The Morgan fingerprint density at radius 1 is 1.19 bits per heavy atom. The van der Waals surface area contributed by atoms with Crippen LogP contribution in [-0.4, -0.2) is 18.5 Å². The number of rotatable bonds is 4. The van der Waals surface area contributed by atoms with Crippen LogP contribution in [0, 0.1) is 11.3 Å². The maximum Gasteiger partial charge on any atom is 0.374 e. The molecule has 134 valence electrons. The Morgan fingerprint density at radius 3 is 2.74 bits per heavy atom. The van der Waals surface area contributed by atoms with Crippen LogP contribution in [0.2, 0.25) is 5.02 Å². The molecule has 1 N–H and O–H groups in total. The Morgan fingerprint density at radius 2 is 1.96 bits per heavy atom. The van der Waals surface area contributed by atoms with E-state index in [1.165, 1.54) is 24.3 Å². The van der Waals surface area contributed by atoms with Crippen molar-refractivity contribution in [3.63, 3.8) is 0 Å². The number of benzene rings is 2. The van der Waals surface area contributed by atoms with Gasteiger partial charge in [0.05, 0.1) is 16.6 Å². The van der Waals surface area contributed by atoms with E-state index >= 15 is 0 Å². The largest absolute Gasteiger partial charge is 0.450 e. The van der Waals surface area contributed by atoms with Gasteiger partial charge >= 0.3 is 5.97 Å². The van der Waals surface area contributed by atoms with E-state index in [-0.39, 0.29) is 22.3 Å². The molecule has 0 aliphatic heterocycles. The fraction of sp³-hybridized carbons (Fsp3) is 0.0526. The normalized spacial score (nSPS) is 10.2. The van der Waals surface area contributed by atoms with Gasteiger partial charge in [0.15, 0.2) is 12.0 Å². The zero-order valence-corrected chi connectivity index (χ0v) is 14.4. The summed E-state index contributed by atoms with van der Waals surface area (Å²) in [7, 11) is 0. The summed E-state index contributed by atoms with van der Waals surface area (Å²) in [6.07, 6.45) is 0. The first-order valence-corrected chi connectivity index (χ1v) is 8.05. The van der Waals surface area contributed by atoms with E-state index in [2.05, 4.69) is 5.32 Å². The van der Waals surface area contributed by atoms with Crippen LogP contribution >= 0.6 is 11.6 Å². The van der Waals surface area contributed by atoms with Gasteiger partial charge in [0.2, 0.25) is 5.76 Å². The third-order valence-electron chi connectivity index (χ3n) is 3.55. The number of para-hydroxylation sites is 1. The summed E-state index contributed by atoms with van der Waals surface area (Å²) in [5, 5.41) is 12.0. The molecule has 7 nitrogen and oxygen atoms in total. The molecule has 1 heterocycles. The van der Waals surface area contributed by atoms with Crippen molar-refractivity contribution in [3.8, 4) is 6.07 Å². The van der Waals surface area contributed by atoms with E-state index < -0.39 is 23.9 Å². The van der Waals surface area contributed by atoms with Crippen molar-refractivity contribution >= 4 is 40.1 Å². The quantitative estimate of drug-likeness (QED) is 0.694. The second-order valence-corrected chi connectivity index (χ2v) is 5.83. The lowest BCUT2D eigenvalue weighted by molar-refractivity contribution is -0.119. The SMILES string of the molecule is N#Cc1ccccc1NC(=O)COC(=O)c1cc(=O)c2cc(Cl)ccc2o1. The summed E-state index contributed by atoms with van der Waals surface area (Å²) in [4.78, 5) is 36.1. The van der Waals surface area contributed by atoms with Gasteiger partial charge < -0.3 is 14.5 Å². The first-order chi connectivity index (χ1) is 13.0. The molecule has 8 heteroatoms. The van der Waals surface area contributed by atoms with Gasteiger partial charge in [-0.15, -0.1) is 0 Å². The highest BCUT2D eigenvalue weighted by Crippen LogP contribution is 2.18. The molecule has 0 spiro atoms. The van der Waals surface area contributed by atoms with Crippen molar-refractivity contribution in [2.75, 3.05) is 11.9 Å². The van der Waals surface area contributed by atoms with Crippen LogP contribution in [0.4, 0.5) is 5.69 Å². The first kappa shape index (κ1) is 18.2. The number of amides is 1. The molecule has 0 radical (unpaired) electrons. The number of carbonyl (C=O) groups excluding carboxylic acids is 2. The lowest BCUT2D eigenvalue weighted by Crippen LogP contribution is -2.21. The number of anilines is 1. The van der Waals surface area contributed by atoms with Crippen LogP contribution in [0.25, 0.3) is 11.0 Å². The minimum atomic E-state index is -0.965. The number of ether oxygens (including phenoxy) is 1. The summed E-state index contributed by atoms with van der Waals surface area (Å²) in [6.45, 7) is -0.610. The summed E-state index contributed by atoms with van der Waals surface area (Å²) >= 11 is 5.83. The number of nitriles is 1. The number of esters is 1. The number of nitrogens with one attached hydrogen (secondary N) is 1. The van der Waals surface area contributed by atoms with E-state index in [9.17, 15) is 14.4 Å². The van der Waals surface area contributed by atoms with E-state index in [4.69, 9.17) is 26.0 Å². The molecule has 1 amide bonds. The van der Waals surface area contributed by atoms with Gasteiger partial charge in [-0.1, -0.05) is 23.7 Å². The van der Waals surface area contributed by atoms with Crippen LogP contribution < -0.4 is 10.7 Å². The van der Waals surface area contributed by atoms with Crippen molar-refractivity contribution in [1.29, 1.82) is 5.26 Å². The van der Waals surface area contributed by atoms with Crippen molar-refractivity contribution in [2.24, 2.45) is 0 Å². The van der Waals surface area contributed by atoms with Crippen molar-refractivity contribution in [2.45, 2.75) is 0 Å². The summed E-state index contributed by atoms with van der Waals surface area (Å²) in [5.41, 5.74) is 0.288. The number of hydrogen-bond donors (Lipinski definition) is 1. The smallest absolute Gasteiger partial charge is 0.374 e. The molecular weight excluding hydrogens is 372 g/mol. The maximum absolute atomic E-state index is 12.1. The molecule has 0 bridgehead atoms. The van der Waals surface area contributed by atoms with Gasteiger partial charge in [0.1, 0.15) is 11.7 Å². The molecular formula is C19H11ClN2O5. The predicted molar refractivity (Wildman–Crippen MR) is 97.6 cm³/mol. The second kappa shape index (κ2) is 7.72. The number of hydrogen-bond acceptors (Lipinski definition) is 6. The number of fused-ring (bicyclic) bond motifs is 1. The van der Waals surface area contributed by atoms with Crippen molar-refractivity contribution < 1.29 is 18.7 Å². The molecule has 1 aromatic heterocycles. The van der Waals surface area contributed by atoms with Gasteiger partial charge in [0, 0.05) is 11.1 Å². The number of carbonyl (C=O) groups is 2. The Labute approximate surface area is 157 Å². The lowest BCUT2D eigenvalue weighted by atomic mass is 10.2. The van der Waals surface area contributed by atoms with E-state index in [0.29, 0.717) is 10.7 Å². The Kier molecular flexibility index (Phi) is 5.20. The molecule has 0 aliphatic rings. The molecule has 3 aromatic rings. The zero-order chi connectivity index (χ0) is 19.4. The van der Waals surface area contributed by atoms with Gasteiger partial charge in [-0.2, -0.15) is 5.26 Å². The van der Waals surface area contributed by atoms with E-state index in [1.54, 1.807) is 18.2 Å². The minimum Gasteiger partial charge on any atom is -0.450 e. The van der Waals surface area contributed by atoms with Crippen LogP contribution in [0.5, 0.6) is 0 Å². The molecule has 0 saturated heterocycles. The standard InChI is InChI=1S/C19H11ClN2O5/c20-12-5-6-16-13(7-12)15(23)8-17(27-16)19(25)26-10-18(24)22-14-4-2-1-3-11(14)9-21/h1-8H,10H2,(H,22,24).